The van der Waals surface area contributed by atoms with E-state index in [0.29, 0.717) is 11.6 Å². The summed E-state index contributed by atoms with van der Waals surface area (Å²) < 4.78 is 2.61. The lowest BCUT2D eigenvalue weighted by Gasteiger charge is -2.06. The number of aliphatic hydroxyl groups excluding tert-OH is 1. The third kappa shape index (κ3) is 1.93. The number of nitrogens with zero attached hydrogens (tertiary/aromatic N) is 9. The van der Waals surface area contributed by atoms with Crippen molar-refractivity contribution in [2.45, 2.75) is 13.2 Å². The molecule has 0 radical (unpaired) electrons. The summed E-state index contributed by atoms with van der Waals surface area (Å²) in [6, 6.07) is 5.34. The Balaban J connectivity index is 2.13. The topological polar surface area (TPSA) is 120 Å². The molecule has 10 nitrogen and oxygen atoms in total. The van der Waals surface area contributed by atoms with Crippen molar-refractivity contribution in [1.29, 1.82) is 0 Å². The summed E-state index contributed by atoms with van der Waals surface area (Å²) in [6.45, 7) is 1.54. The predicted molar refractivity (Wildman–Crippen MR) is 60.7 cm³/mol. The van der Waals surface area contributed by atoms with Crippen LogP contribution in [0.3, 0.4) is 0 Å². The van der Waals surface area contributed by atoms with E-state index in [9.17, 15) is 5.11 Å². The van der Waals surface area contributed by atoms with Crippen molar-refractivity contribution in [3.63, 3.8) is 0 Å². The molecule has 1 unspecified atom stereocenters. The van der Waals surface area contributed by atoms with Crippen molar-refractivity contribution in [3.8, 4) is 17.5 Å². The molecule has 0 aliphatic heterocycles. The highest BCUT2D eigenvalue weighted by molar-refractivity contribution is 5.45. The van der Waals surface area contributed by atoms with E-state index in [-0.39, 0.29) is 5.82 Å². The molecular weight excluding hydrogens is 250 g/mol. The third-order valence-electron chi connectivity index (χ3n) is 2.38. The van der Waals surface area contributed by atoms with Crippen LogP contribution in [0.2, 0.25) is 0 Å². The van der Waals surface area contributed by atoms with Crippen LogP contribution in [0.4, 0.5) is 0 Å². The minimum Gasteiger partial charge on any atom is -0.372 e. The second-order valence-corrected chi connectivity index (χ2v) is 3.68. The molecule has 0 saturated carbocycles. The molecule has 1 atom stereocenters. The number of tetrazole rings is 2. The highest BCUT2D eigenvalue weighted by Crippen LogP contribution is 2.16. The van der Waals surface area contributed by atoms with E-state index >= 15 is 0 Å². The highest BCUT2D eigenvalue weighted by Gasteiger charge is 2.20. The van der Waals surface area contributed by atoms with Gasteiger partial charge >= 0.3 is 0 Å². The Morgan fingerprint density at radius 2 is 1.89 bits per heavy atom. The van der Waals surface area contributed by atoms with Crippen molar-refractivity contribution in [1.82, 2.24) is 45.4 Å². The molecule has 0 aliphatic carbocycles. The molecule has 0 fully saturated rings. The highest BCUT2D eigenvalue weighted by atomic mass is 16.3. The van der Waals surface area contributed by atoms with Gasteiger partial charge in [-0.2, -0.15) is 9.36 Å². The van der Waals surface area contributed by atoms with Crippen LogP contribution in [0.25, 0.3) is 17.5 Å². The summed E-state index contributed by atoms with van der Waals surface area (Å²) in [5.41, 5.74) is 0. The molecule has 19 heavy (non-hydrogen) atoms. The van der Waals surface area contributed by atoms with Gasteiger partial charge in [0.05, 0.1) is 0 Å². The summed E-state index contributed by atoms with van der Waals surface area (Å²) in [7, 11) is 0. The van der Waals surface area contributed by atoms with E-state index in [0.717, 1.165) is 0 Å². The Labute approximate surface area is 106 Å². The summed E-state index contributed by atoms with van der Waals surface area (Å²) in [4.78, 5) is 4.15. The van der Waals surface area contributed by atoms with Crippen LogP contribution >= 0.6 is 0 Å². The van der Waals surface area contributed by atoms with E-state index in [1.165, 1.54) is 16.3 Å². The molecule has 10 heteroatoms. The maximum Gasteiger partial charge on any atom is 0.227 e. The number of hydrogen-bond acceptors (Lipinski definition) is 8. The molecule has 0 amide bonds. The lowest BCUT2D eigenvalue weighted by atomic mass is 10.4. The molecule has 0 saturated heterocycles. The Morgan fingerprint density at radius 3 is 2.63 bits per heavy atom. The van der Waals surface area contributed by atoms with Crippen LogP contribution in [0, 0.1) is 0 Å². The van der Waals surface area contributed by atoms with Gasteiger partial charge in [-0.25, -0.2) is 4.98 Å². The SMILES string of the molecule is CC(O)n1nnnc1-c1nnnn1-c1ccccn1. The average molecular weight is 259 g/mol. The van der Waals surface area contributed by atoms with Gasteiger partial charge in [-0.15, -0.1) is 10.2 Å². The minimum absolute atomic E-state index is 0.255. The van der Waals surface area contributed by atoms with Gasteiger partial charge in [0.1, 0.15) is 6.23 Å². The van der Waals surface area contributed by atoms with Gasteiger partial charge in [0.2, 0.25) is 11.6 Å². The number of hydrogen-bond donors (Lipinski definition) is 1. The van der Waals surface area contributed by atoms with Crippen LogP contribution in [0.15, 0.2) is 24.4 Å². The number of pyridine rings is 1. The first-order chi connectivity index (χ1) is 9.27. The van der Waals surface area contributed by atoms with E-state index in [1.807, 2.05) is 6.07 Å². The zero-order valence-corrected chi connectivity index (χ0v) is 9.86. The fourth-order valence-corrected chi connectivity index (χ4v) is 1.55. The van der Waals surface area contributed by atoms with Gasteiger partial charge in [-0.1, -0.05) is 6.07 Å². The first-order valence-corrected chi connectivity index (χ1v) is 5.43. The zero-order valence-electron chi connectivity index (χ0n) is 9.86. The van der Waals surface area contributed by atoms with Crippen molar-refractivity contribution >= 4 is 0 Å². The first-order valence-electron chi connectivity index (χ1n) is 5.43. The third-order valence-corrected chi connectivity index (χ3v) is 2.38. The van der Waals surface area contributed by atoms with Crippen molar-refractivity contribution in [2.75, 3.05) is 0 Å². The number of aliphatic hydroxyl groups is 1. The Hall–Kier alpha value is -2.75. The van der Waals surface area contributed by atoms with Crippen LogP contribution in [0.5, 0.6) is 0 Å². The van der Waals surface area contributed by atoms with E-state index in [1.54, 1.807) is 18.3 Å². The normalized spacial score (nSPS) is 12.5. The molecule has 0 spiro atoms. The van der Waals surface area contributed by atoms with E-state index < -0.39 is 6.23 Å². The number of rotatable bonds is 3. The summed E-state index contributed by atoms with van der Waals surface area (Å²) in [5, 5.41) is 31.9. The van der Waals surface area contributed by atoms with Crippen molar-refractivity contribution in [3.05, 3.63) is 24.4 Å². The van der Waals surface area contributed by atoms with Gasteiger partial charge in [-0.3, -0.25) is 0 Å². The van der Waals surface area contributed by atoms with E-state index in [4.69, 9.17) is 0 Å². The number of aromatic nitrogens is 9. The maximum absolute atomic E-state index is 9.58. The minimum atomic E-state index is -0.890. The molecule has 3 aromatic heterocycles. The molecule has 96 valence electrons. The second kappa shape index (κ2) is 4.49. The molecule has 0 bridgehead atoms. The fraction of sp³-hybridized carbons (Fsp3) is 0.222. The Kier molecular flexibility index (Phi) is 2.68. The van der Waals surface area contributed by atoms with Crippen LogP contribution in [-0.2, 0) is 0 Å². The quantitative estimate of drug-likeness (QED) is 0.650. The predicted octanol–water partition coefficient (Wildman–Crippen LogP) is -0.778. The lowest BCUT2D eigenvalue weighted by molar-refractivity contribution is 0.110. The molecular formula is C9H9N9O. The monoisotopic (exact) mass is 259 g/mol. The van der Waals surface area contributed by atoms with Crippen molar-refractivity contribution in [2.24, 2.45) is 0 Å². The molecule has 3 heterocycles. The Bertz CT molecular complexity index is 674. The van der Waals surface area contributed by atoms with Crippen LogP contribution in [-0.4, -0.2) is 50.5 Å². The van der Waals surface area contributed by atoms with Gasteiger partial charge in [-0.05, 0) is 39.9 Å². The van der Waals surface area contributed by atoms with Crippen LogP contribution in [0.1, 0.15) is 13.2 Å². The van der Waals surface area contributed by atoms with Gasteiger partial charge in [0, 0.05) is 6.20 Å². The van der Waals surface area contributed by atoms with Crippen LogP contribution < -0.4 is 0 Å². The largest absolute Gasteiger partial charge is 0.372 e. The first kappa shape index (κ1) is 11.3. The van der Waals surface area contributed by atoms with Gasteiger partial charge in [0.15, 0.2) is 5.82 Å². The molecule has 0 aromatic carbocycles. The standard InChI is InChI=1S/C9H9N9O/c1-6(19)17-8(11-13-15-17)9-12-14-16-18(9)7-4-2-3-5-10-7/h2-6,19H,1H3. The summed E-state index contributed by atoms with van der Waals surface area (Å²) >= 11 is 0. The molecule has 3 aromatic rings. The fourth-order valence-electron chi connectivity index (χ4n) is 1.55. The summed E-state index contributed by atoms with van der Waals surface area (Å²) in [5.74, 6) is 1.08. The maximum atomic E-state index is 9.58. The molecule has 1 N–H and O–H groups in total. The molecule has 3 rings (SSSR count). The average Bonchev–Trinajstić information content (AvgIpc) is 3.08. The lowest BCUT2D eigenvalue weighted by Crippen LogP contribution is -2.11. The van der Waals surface area contributed by atoms with Gasteiger partial charge in [0.25, 0.3) is 0 Å². The second-order valence-electron chi connectivity index (χ2n) is 3.68. The molecule has 0 aliphatic rings. The van der Waals surface area contributed by atoms with Gasteiger partial charge < -0.3 is 5.11 Å². The summed E-state index contributed by atoms with van der Waals surface area (Å²) in [6.07, 6.45) is 0.734. The Morgan fingerprint density at radius 1 is 1.11 bits per heavy atom. The zero-order chi connectivity index (χ0) is 13.2. The van der Waals surface area contributed by atoms with E-state index in [2.05, 4.69) is 36.0 Å². The van der Waals surface area contributed by atoms with Crippen molar-refractivity contribution < 1.29 is 5.11 Å². The smallest absolute Gasteiger partial charge is 0.227 e.